The van der Waals surface area contributed by atoms with Crippen LogP contribution in [0.3, 0.4) is 0 Å². The van der Waals surface area contributed by atoms with Crippen LogP contribution in [0.25, 0.3) is 109 Å². The zero-order valence-corrected chi connectivity index (χ0v) is 29.9. The molecule has 4 aromatic heterocycles. The maximum absolute atomic E-state index is 15.3. The Kier molecular flexibility index (Phi) is 7.15. The van der Waals surface area contributed by atoms with Gasteiger partial charge in [-0.05, 0) is 76.0 Å². The Balaban J connectivity index is 1.15. The van der Waals surface area contributed by atoms with Crippen LogP contribution >= 0.6 is 11.3 Å². The molecule has 4 heterocycles. The summed E-state index contributed by atoms with van der Waals surface area (Å²) in [5, 5.41) is 5.85. The Morgan fingerprint density at radius 1 is 0.473 bits per heavy atom. The first-order valence-corrected chi connectivity index (χ1v) is 18.8. The second-order valence-electron chi connectivity index (χ2n) is 13.6. The lowest BCUT2D eigenvalue weighted by Gasteiger charge is -2.11. The number of benzene rings is 7. The standard InChI is InChI=1S/C48H27FN4OS/c49-33-23-31-11-4-5-13-34(31)41(26-33)48-52-46(39-16-6-14-37-35-20-18-29(24-42(35)54-44(37)39)28-9-2-1-3-10-28)51-47(53-48)40-17-7-15-38-36-21-19-30(25-43(36)55-45(38)40)32-12-8-22-50-27-32/h1-27H. The molecular formula is C48H27FN4OS. The molecule has 0 aliphatic heterocycles. The van der Waals surface area contributed by atoms with Gasteiger partial charge in [0.15, 0.2) is 17.5 Å². The number of thiophene rings is 1. The van der Waals surface area contributed by atoms with Gasteiger partial charge in [0.2, 0.25) is 0 Å². The van der Waals surface area contributed by atoms with Gasteiger partial charge in [-0.15, -0.1) is 11.3 Å². The van der Waals surface area contributed by atoms with E-state index in [9.17, 15) is 0 Å². The normalized spacial score (nSPS) is 11.7. The van der Waals surface area contributed by atoms with Gasteiger partial charge in [0.05, 0.1) is 5.56 Å². The maximum atomic E-state index is 15.3. The van der Waals surface area contributed by atoms with E-state index in [1.807, 2.05) is 72.9 Å². The Morgan fingerprint density at radius 2 is 1.16 bits per heavy atom. The van der Waals surface area contributed by atoms with Crippen LogP contribution in [0.1, 0.15) is 0 Å². The highest BCUT2D eigenvalue weighted by Crippen LogP contribution is 2.42. The number of hydrogen-bond donors (Lipinski definition) is 0. The fourth-order valence-electron chi connectivity index (χ4n) is 7.67. The van der Waals surface area contributed by atoms with E-state index >= 15 is 4.39 Å². The van der Waals surface area contributed by atoms with Crippen LogP contribution in [0.15, 0.2) is 168 Å². The quantitative estimate of drug-likeness (QED) is 0.177. The van der Waals surface area contributed by atoms with Gasteiger partial charge < -0.3 is 4.42 Å². The van der Waals surface area contributed by atoms with Gasteiger partial charge >= 0.3 is 0 Å². The summed E-state index contributed by atoms with van der Waals surface area (Å²) >= 11 is 1.71. The summed E-state index contributed by atoms with van der Waals surface area (Å²) in [7, 11) is 0. The SMILES string of the molecule is Fc1cc(-c2nc(-c3cccc4c3oc3cc(-c5ccccc5)ccc34)nc(-c3cccc4c3sc3cc(-c5cccnc5)ccc34)n2)c2ccccc2c1. The van der Waals surface area contributed by atoms with Crippen LogP contribution < -0.4 is 0 Å². The molecule has 55 heavy (non-hydrogen) atoms. The van der Waals surface area contributed by atoms with Crippen molar-refractivity contribution >= 4 is 64.2 Å². The van der Waals surface area contributed by atoms with Gasteiger partial charge in [0, 0.05) is 60.0 Å². The van der Waals surface area contributed by atoms with Gasteiger partial charge in [-0.25, -0.2) is 19.3 Å². The number of fused-ring (bicyclic) bond motifs is 7. The number of rotatable bonds is 5. The summed E-state index contributed by atoms with van der Waals surface area (Å²) in [6.07, 6.45) is 3.67. The number of halogens is 1. The summed E-state index contributed by atoms with van der Waals surface area (Å²) in [6.45, 7) is 0. The minimum absolute atomic E-state index is 0.359. The van der Waals surface area contributed by atoms with Crippen LogP contribution in [0.2, 0.25) is 0 Å². The van der Waals surface area contributed by atoms with Crippen molar-refractivity contribution in [2.75, 3.05) is 0 Å². The van der Waals surface area contributed by atoms with E-state index in [0.29, 0.717) is 28.6 Å². The fraction of sp³-hybridized carbons (Fsp3) is 0. The minimum atomic E-state index is -0.359. The van der Waals surface area contributed by atoms with Crippen LogP contribution in [0.4, 0.5) is 4.39 Å². The molecule has 0 saturated heterocycles. The predicted octanol–water partition coefficient (Wildman–Crippen LogP) is 13.2. The van der Waals surface area contributed by atoms with Crippen molar-refractivity contribution in [3.05, 3.63) is 170 Å². The van der Waals surface area contributed by atoms with Crippen molar-refractivity contribution < 1.29 is 8.81 Å². The molecule has 5 nitrogen and oxygen atoms in total. The van der Waals surface area contributed by atoms with E-state index in [1.165, 1.54) is 6.07 Å². The summed E-state index contributed by atoms with van der Waals surface area (Å²) in [6, 6.07) is 50.2. The number of furan rings is 1. The molecule has 0 amide bonds. The van der Waals surface area contributed by atoms with Gasteiger partial charge in [0.25, 0.3) is 0 Å². The second-order valence-corrected chi connectivity index (χ2v) is 14.6. The highest BCUT2D eigenvalue weighted by Gasteiger charge is 2.21. The number of pyridine rings is 1. The Morgan fingerprint density at radius 3 is 2.00 bits per heavy atom. The number of hydrogen-bond acceptors (Lipinski definition) is 6. The van der Waals surface area contributed by atoms with E-state index < -0.39 is 0 Å². The molecule has 0 N–H and O–H groups in total. The smallest absolute Gasteiger partial charge is 0.167 e. The third-order valence-electron chi connectivity index (χ3n) is 10.3. The van der Waals surface area contributed by atoms with Crippen molar-refractivity contribution in [2.24, 2.45) is 0 Å². The number of aromatic nitrogens is 4. The van der Waals surface area contributed by atoms with Crippen molar-refractivity contribution in [2.45, 2.75) is 0 Å². The zero-order chi connectivity index (χ0) is 36.5. The molecule has 7 heteroatoms. The van der Waals surface area contributed by atoms with Crippen molar-refractivity contribution in [1.29, 1.82) is 0 Å². The summed E-state index contributed by atoms with van der Waals surface area (Å²) < 4.78 is 24.2. The minimum Gasteiger partial charge on any atom is -0.455 e. The van der Waals surface area contributed by atoms with Crippen LogP contribution in [0.5, 0.6) is 0 Å². The van der Waals surface area contributed by atoms with Gasteiger partial charge in [-0.3, -0.25) is 4.98 Å². The zero-order valence-electron chi connectivity index (χ0n) is 29.1. The van der Waals surface area contributed by atoms with Gasteiger partial charge in [-0.1, -0.05) is 103 Å². The lowest BCUT2D eigenvalue weighted by atomic mass is 10.0. The molecule has 7 aromatic carbocycles. The average Bonchev–Trinajstić information content (AvgIpc) is 3.81. The van der Waals surface area contributed by atoms with Crippen LogP contribution in [-0.4, -0.2) is 19.9 Å². The Hall–Kier alpha value is -7.09. The van der Waals surface area contributed by atoms with Gasteiger partial charge in [0.1, 0.15) is 17.0 Å². The summed E-state index contributed by atoms with van der Waals surface area (Å²) in [5.74, 6) is 0.963. The summed E-state index contributed by atoms with van der Waals surface area (Å²) in [5.41, 5.74) is 7.99. The van der Waals surface area contributed by atoms with E-state index in [1.54, 1.807) is 23.6 Å². The van der Waals surface area contributed by atoms with Crippen LogP contribution in [0, 0.1) is 5.82 Å². The lowest BCUT2D eigenvalue weighted by molar-refractivity contribution is 0.630. The fourth-order valence-corrected chi connectivity index (χ4v) is 8.92. The third kappa shape index (κ3) is 5.28. The monoisotopic (exact) mass is 726 g/mol. The summed E-state index contributed by atoms with van der Waals surface area (Å²) in [4.78, 5) is 19.7. The lowest BCUT2D eigenvalue weighted by Crippen LogP contribution is -2.01. The van der Waals surface area contributed by atoms with Crippen molar-refractivity contribution in [1.82, 2.24) is 19.9 Å². The van der Waals surface area contributed by atoms with Crippen LogP contribution in [-0.2, 0) is 0 Å². The van der Waals surface area contributed by atoms with E-state index in [0.717, 1.165) is 80.7 Å². The highest BCUT2D eigenvalue weighted by atomic mass is 32.1. The molecule has 0 fully saturated rings. The largest absolute Gasteiger partial charge is 0.455 e. The molecule has 11 aromatic rings. The number of para-hydroxylation sites is 1. The molecule has 258 valence electrons. The first-order valence-electron chi connectivity index (χ1n) is 18.0. The second kappa shape index (κ2) is 12.5. The molecule has 0 atom stereocenters. The topological polar surface area (TPSA) is 64.7 Å². The average molecular weight is 727 g/mol. The maximum Gasteiger partial charge on any atom is 0.167 e. The molecule has 0 aliphatic carbocycles. The molecule has 0 bridgehead atoms. The van der Waals surface area contributed by atoms with Gasteiger partial charge in [-0.2, -0.15) is 0 Å². The molecule has 0 radical (unpaired) electrons. The number of nitrogens with zero attached hydrogens (tertiary/aromatic N) is 4. The van der Waals surface area contributed by atoms with Crippen molar-refractivity contribution in [3.8, 4) is 56.4 Å². The first kappa shape index (κ1) is 31.4. The molecule has 0 spiro atoms. The molecule has 11 rings (SSSR count). The molecular weight excluding hydrogens is 700 g/mol. The third-order valence-corrected chi connectivity index (χ3v) is 11.5. The Labute approximate surface area is 318 Å². The molecule has 0 unspecified atom stereocenters. The molecule has 0 saturated carbocycles. The Bertz CT molecular complexity index is 3110. The first-order chi connectivity index (χ1) is 27.1. The van der Waals surface area contributed by atoms with E-state index in [2.05, 4.69) is 77.8 Å². The molecule has 0 aliphatic rings. The van der Waals surface area contributed by atoms with Crippen molar-refractivity contribution in [3.63, 3.8) is 0 Å². The highest BCUT2D eigenvalue weighted by molar-refractivity contribution is 7.26. The predicted molar refractivity (Wildman–Crippen MR) is 222 cm³/mol. The van der Waals surface area contributed by atoms with E-state index in [-0.39, 0.29) is 5.82 Å². The van der Waals surface area contributed by atoms with E-state index in [4.69, 9.17) is 19.4 Å².